The Morgan fingerprint density at radius 1 is 1.67 bits per heavy atom. The molecule has 1 aliphatic rings. The first-order valence-corrected chi connectivity index (χ1v) is 4.75. The van der Waals surface area contributed by atoms with E-state index in [0.717, 1.165) is 11.3 Å². The van der Waals surface area contributed by atoms with Crippen LogP contribution in [-0.2, 0) is 6.42 Å². The minimum atomic E-state index is 0.0801. The third-order valence-corrected chi connectivity index (χ3v) is 2.97. The summed E-state index contributed by atoms with van der Waals surface area (Å²) in [5.74, 6) is 0.196. The lowest BCUT2D eigenvalue weighted by Crippen LogP contribution is -2.21. The number of fused-ring (bicyclic) bond motifs is 1. The molecular formula is C8H9NO2S. The monoisotopic (exact) mass is 183 g/mol. The van der Waals surface area contributed by atoms with Gasteiger partial charge in [-0.1, -0.05) is 0 Å². The highest BCUT2D eigenvalue weighted by molar-refractivity contribution is 7.10. The first-order valence-electron chi connectivity index (χ1n) is 3.87. The summed E-state index contributed by atoms with van der Waals surface area (Å²) in [4.78, 5) is 16.4. The smallest absolute Gasteiger partial charge is 0.182 e. The van der Waals surface area contributed by atoms with Gasteiger partial charge < -0.3 is 5.11 Å². The van der Waals surface area contributed by atoms with Crippen molar-refractivity contribution in [2.45, 2.75) is 12.8 Å². The maximum absolute atomic E-state index is 11.3. The fourth-order valence-corrected chi connectivity index (χ4v) is 2.36. The topological polar surface area (TPSA) is 50.2 Å². The van der Waals surface area contributed by atoms with E-state index in [1.807, 2.05) is 0 Å². The van der Waals surface area contributed by atoms with Gasteiger partial charge in [0.1, 0.15) is 5.69 Å². The van der Waals surface area contributed by atoms with E-state index in [4.69, 9.17) is 5.11 Å². The van der Waals surface area contributed by atoms with Gasteiger partial charge in [-0.3, -0.25) is 4.79 Å². The molecule has 1 N–H and O–H groups in total. The van der Waals surface area contributed by atoms with Crippen LogP contribution < -0.4 is 0 Å². The van der Waals surface area contributed by atoms with Crippen LogP contribution in [0.5, 0.6) is 0 Å². The molecule has 0 amide bonds. The van der Waals surface area contributed by atoms with Gasteiger partial charge in [0.25, 0.3) is 0 Å². The van der Waals surface area contributed by atoms with Gasteiger partial charge in [-0.05, 0) is 12.3 Å². The zero-order chi connectivity index (χ0) is 8.55. The lowest BCUT2D eigenvalue weighted by molar-refractivity contribution is 0.0915. The van der Waals surface area contributed by atoms with Crippen LogP contribution in [0, 0.1) is 5.92 Å². The third-order valence-electron chi connectivity index (χ3n) is 2.11. The molecule has 1 atom stereocenters. The molecule has 12 heavy (non-hydrogen) atoms. The molecule has 0 aromatic carbocycles. The van der Waals surface area contributed by atoms with E-state index < -0.39 is 0 Å². The summed E-state index contributed by atoms with van der Waals surface area (Å²) in [7, 11) is 0. The number of ketones is 1. The third kappa shape index (κ3) is 1.17. The number of thiazole rings is 1. The summed E-state index contributed by atoms with van der Waals surface area (Å²) in [6.07, 6.45) is 1.26. The fourth-order valence-electron chi connectivity index (χ4n) is 1.47. The highest BCUT2D eigenvalue weighted by atomic mass is 32.1. The number of aromatic nitrogens is 1. The largest absolute Gasteiger partial charge is 0.396 e. The Bertz CT molecular complexity index is 308. The minimum absolute atomic E-state index is 0.0801. The number of aliphatic hydroxyl groups excluding tert-OH is 1. The van der Waals surface area contributed by atoms with Crippen molar-refractivity contribution in [2.24, 2.45) is 5.92 Å². The van der Waals surface area contributed by atoms with Gasteiger partial charge in [-0.15, -0.1) is 11.3 Å². The van der Waals surface area contributed by atoms with E-state index in [-0.39, 0.29) is 18.3 Å². The van der Waals surface area contributed by atoms with Crippen LogP contribution in [0.2, 0.25) is 0 Å². The Kier molecular flexibility index (Phi) is 1.94. The van der Waals surface area contributed by atoms with Crippen molar-refractivity contribution in [1.29, 1.82) is 0 Å². The van der Waals surface area contributed by atoms with Crippen LogP contribution in [0.3, 0.4) is 0 Å². The van der Waals surface area contributed by atoms with E-state index >= 15 is 0 Å². The van der Waals surface area contributed by atoms with Crippen LogP contribution in [0.15, 0.2) is 5.51 Å². The van der Waals surface area contributed by atoms with Gasteiger partial charge in [0.15, 0.2) is 5.78 Å². The Morgan fingerprint density at radius 3 is 3.25 bits per heavy atom. The van der Waals surface area contributed by atoms with Crippen LogP contribution in [-0.4, -0.2) is 22.5 Å². The maximum atomic E-state index is 11.3. The molecule has 3 nitrogen and oxygen atoms in total. The van der Waals surface area contributed by atoms with Gasteiger partial charge >= 0.3 is 0 Å². The maximum Gasteiger partial charge on any atom is 0.182 e. The molecule has 1 heterocycles. The molecule has 64 valence electrons. The number of carbonyl (C=O) groups is 1. The minimum Gasteiger partial charge on any atom is -0.396 e. The summed E-state index contributed by atoms with van der Waals surface area (Å²) >= 11 is 1.51. The second-order valence-electron chi connectivity index (χ2n) is 3.00. The summed E-state index contributed by atoms with van der Waals surface area (Å²) < 4.78 is 0. The lowest BCUT2D eigenvalue weighted by atomic mass is 9.91. The summed E-state index contributed by atoms with van der Waals surface area (Å²) in [6, 6.07) is 0. The zero-order valence-electron chi connectivity index (χ0n) is 6.49. The van der Waals surface area contributed by atoms with Crippen molar-refractivity contribution in [3.63, 3.8) is 0 Å². The van der Waals surface area contributed by atoms with Crippen LogP contribution in [0.1, 0.15) is 21.8 Å². The van der Waals surface area contributed by atoms with Crippen LogP contribution in [0.25, 0.3) is 0 Å². The molecule has 0 saturated carbocycles. The van der Waals surface area contributed by atoms with Gasteiger partial charge in [-0.25, -0.2) is 4.98 Å². The Labute approximate surface area is 74.1 Å². The van der Waals surface area contributed by atoms with Gasteiger partial charge in [-0.2, -0.15) is 0 Å². The van der Waals surface area contributed by atoms with E-state index in [0.29, 0.717) is 12.1 Å². The van der Waals surface area contributed by atoms with Crippen molar-refractivity contribution in [3.05, 3.63) is 16.1 Å². The molecule has 1 aliphatic carbocycles. The Balaban J connectivity index is 2.32. The number of carbonyl (C=O) groups excluding carboxylic acids is 1. The molecule has 0 spiro atoms. The molecule has 0 bridgehead atoms. The van der Waals surface area contributed by atoms with E-state index in [1.165, 1.54) is 11.3 Å². The van der Waals surface area contributed by atoms with Crippen LogP contribution in [0.4, 0.5) is 0 Å². The van der Waals surface area contributed by atoms with Gasteiger partial charge in [0, 0.05) is 17.9 Å². The molecule has 0 saturated heterocycles. The lowest BCUT2D eigenvalue weighted by Gasteiger charge is -2.17. The molecule has 0 aliphatic heterocycles. The average molecular weight is 183 g/mol. The van der Waals surface area contributed by atoms with Crippen molar-refractivity contribution in [3.8, 4) is 0 Å². The number of nitrogens with zero attached hydrogens (tertiary/aromatic N) is 1. The normalized spacial score (nSPS) is 22.4. The average Bonchev–Trinajstić information content (AvgIpc) is 2.52. The summed E-state index contributed by atoms with van der Waals surface area (Å²) in [6.45, 7) is 0.100. The SMILES string of the molecule is O=C1CC(CO)Cc2scnc21. The zero-order valence-corrected chi connectivity index (χ0v) is 7.30. The van der Waals surface area contributed by atoms with Crippen molar-refractivity contribution >= 4 is 17.1 Å². The number of rotatable bonds is 1. The Morgan fingerprint density at radius 2 is 2.50 bits per heavy atom. The summed E-state index contributed by atoms with van der Waals surface area (Å²) in [5.41, 5.74) is 2.33. The quantitative estimate of drug-likeness (QED) is 0.703. The molecule has 1 aromatic heterocycles. The van der Waals surface area contributed by atoms with Gasteiger partial charge in [0.2, 0.25) is 0 Å². The first kappa shape index (κ1) is 7.89. The van der Waals surface area contributed by atoms with Crippen LogP contribution >= 0.6 is 11.3 Å². The fraction of sp³-hybridized carbons (Fsp3) is 0.500. The number of Topliss-reactive ketones (excluding diaryl/α,β-unsaturated/α-hetero) is 1. The van der Waals surface area contributed by atoms with Crippen molar-refractivity contribution in [2.75, 3.05) is 6.61 Å². The highest BCUT2D eigenvalue weighted by Crippen LogP contribution is 2.27. The Hall–Kier alpha value is -0.740. The summed E-state index contributed by atoms with van der Waals surface area (Å²) in [5, 5.41) is 8.90. The standard InChI is InChI=1S/C8H9NO2S/c10-3-5-1-6(11)8-7(2-5)12-4-9-8/h4-5,10H,1-3H2. The van der Waals surface area contributed by atoms with Crippen molar-refractivity contribution < 1.29 is 9.90 Å². The number of hydrogen-bond donors (Lipinski definition) is 1. The first-order chi connectivity index (χ1) is 5.81. The second-order valence-corrected chi connectivity index (χ2v) is 3.94. The number of hydrogen-bond acceptors (Lipinski definition) is 4. The molecule has 1 aromatic rings. The van der Waals surface area contributed by atoms with E-state index in [9.17, 15) is 4.79 Å². The highest BCUT2D eigenvalue weighted by Gasteiger charge is 2.26. The molecule has 0 radical (unpaired) electrons. The second kappa shape index (κ2) is 2.95. The van der Waals surface area contributed by atoms with E-state index in [1.54, 1.807) is 5.51 Å². The van der Waals surface area contributed by atoms with Gasteiger partial charge in [0.05, 0.1) is 5.51 Å². The van der Waals surface area contributed by atoms with E-state index in [2.05, 4.69) is 4.98 Å². The van der Waals surface area contributed by atoms with Crippen molar-refractivity contribution in [1.82, 2.24) is 4.98 Å². The molecule has 0 fully saturated rings. The molecular weight excluding hydrogens is 174 g/mol. The molecule has 4 heteroatoms. The predicted molar refractivity (Wildman–Crippen MR) is 45.3 cm³/mol. The molecule has 2 rings (SSSR count). The predicted octanol–water partition coefficient (Wildman–Crippen LogP) is 0.881. The molecule has 1 unspecified atom stereocenters. The number of aliphatic hydroxyl groups is 1.